The maximum Gasteiger partial charge on any atom is 0.325 e. The van der Waals surface area contributed by atoms with Gasteiger partial charge in [0, 0.05) is 15.3 Å². The van der Waals surface area contributed by atoms with Crippen molar-refractivity contribution in [1.29, 1.82) is 0 Å². The molecule has 9 nitrogen and oxygen atoms in total. The highest BCUT2D eigenvalue weighted by Gasteiger charge is 2.49. The number of urea groups is 1. The summed E-state index contributed by atoms with van der Waals surface area (Å²) in [5.74, 6) is -0.739. The van der Waals surface area contributed by atoms with Crippen molar-refractivity contribution in [3.8, 4) is 5.69 Å². The fourth-order valence-electron chi connectivity index (χ4n) is 3.41. The summed E-state index contributed by atoms with van der Waals surface area (Å²) in [5, 5.41) is 13.8. The number of aromatic nitrogens is 4. The van der Waals surface area contributed by atoms with E-state index in [1.165, 1.54) is 22.3 Å². The molecule has 0 radical (unpaired) electrons. The number of nitrogens with zero attached hydrogens (tertiary/aromatic N) is 5. The Labute approximate surface area is 170 Å². The Morgan fingerprint density at radius 3 is 2.69 bits per heavy atom. The van der Waals surface area contributed by atoms with Crippen LogP contribution in [0.2, 0.25) is 0 Å². The molecule has 1 unspecified atom stereocenters. The summed E-state index contributed by atoms with van der Waals surface area (Å²) >= 11 is 1.51. The Balaban J connectivity index is 1.61. The number of ketones is 1. The molecule has 1 aliphatic heterocycles. The minimum atomic E-state index is -1.29. The maximum atomic E-state index is 13.1. The number of aryl methyl sites for hydroxylation is 2. The number of thiophene rings is 1. The van der Waals surface area contributed by atoms with E-state index in [0.717, 1.165) is 14.7 Å². The molecule has 3 aromatic rings. The third-order valence-corrected chi connectivity index (χ3v) is 5.92. The molecule has 1 fully saturated rings. The zero-order valence-electron chi connectivity index (χ0n) is 16.0. The van der Waals surface area contributed by atoms with E-state index in [4.69, 9.17) is 0 Å². The monoisotopic (exact) mass is 410 g/mol. The number of Topliss-reactive ketones (excluding diaryl/α,β-unsaturated/α-hetero) is 1. The third kappa shape index (κ3) is 3.21. The van der Waals surface area contributed by atoms with Gasteiger partial charge in [-0.05, 0) is 55.0 Å². The van der Waals surface area contributed by atoms with Crippen LogP contribution in [0.25, 0.3) is 5.69 Å². The molecule has 10 heteroatoms. The van der Waals surface area contributed by atoms with Crippen LogP contribution in [-0.4, -0.2) is 49.4 Å². The highest BCUT2D eigenvalue weighted by atomic mass is 32.1. The fraction of sp³-hybridized carbons (Fsp3) is 0.263. The lowest BCUT2D eigenvalue weighted by Gasteiger charge is -2.22. The second-order valence-corrected chi connectivity index (χ2v) is 8.46. The van der Waals surface area contributed by atoms with Crippen LogP contribution in [0.5, 0.6) is 0 Å². The molecule has 29 heavy (non-hydrogen) atoms. The molecule has 1 saturated heterocycles. The Morgan fingerprint density at radius 2 is 2.03 bits per heavy atom. The van der Waals surface area contributed by atoms with Crippen molar-refractivity contribution in [2.24, 2.45) is 0 Å². The highest BCUT2D eigenvalue weighted by Crippen LogP contribution is 2.30. The maximum absolute atomic E-state index is 13.1. The second-order valence-electron chi connectivity index (χ2n) is 7.00. The molecular formula is C19H18N6O3S. The number of tetrazole rings is 1. The average Bonchev–Trinajstić information content (AvgIpc) is 3.39. The fourth-order valence-corrected chi connectivity index (χ4v) is 4.35. The lowest BCUT2D eigenvalue weighted by Crippen LogP contribution is -2.41. The predicted octanol–water partition coefficient (Wildman–Crippen LogP) is 1.99. The van der Waals surface area contributed by atoms with Gasteiger partial charge in [0.15, 0.2) is 5.78 Å². The summed E-state index contributed by atoms with van der Waals surface area (Å²) < 4.78 is 1.46. The number of hydrogen-bond acceptors (Lipinski definition) is 7. The van der Waals surface area contributed by atoms with Gasteiger partial charge in [-0.2, -0.15) is 0 Å². The van der Waals surface area contributed by atoms with E-state index in [-0.39, 0.29) is 12.3 Å². The smallest absolute Gasteiger partial charge is 0.319 e. The van der Waals surface area contributed by atoms with Crippen molar-refractivity contribution >= 4 is 29.1 Å². The van der Waals surface area contributed by atoms with E-state index < -0.39 is 17.5 Å². The zero-order valence-corrected chi connectivity index (χ0v) is 16.9. The first-order valence-corrected chi connectivity index (χ1v) is 9.69. The standard InChI is InChI=1S/C19H18N6O3S/c1-11-7-15(12(2)29-11)16(26)9-24-17(27)19(3,21-18(24)28)13-5-4-6-14(8-13)25-10-20-22-23-25/h4-8,10H,9H2,1-3H3,(H,21,28). The Kier molecular flexibility index (Phi) is 4.50. The van der Waals surface area contributed by atoms with Crippen molar-refractivity contribution in [2.75, 3.05) is 6.54 Å². The van der Waals surface area contributed by atoms with Gasteiger partial charge >= 0.3 is 6.03 Å². The molecule has 148 valence electrons. The molecule has 0 saturated carbocycles. The summed E-state index contributed by atoms with van der Waals surface area (Å²) in [5.41, 5.74) is 0.472. The molecule has 3 heterocycles. The summed E-state index contributed by atoms with van der Waals surface area (Å²) in [4.78, 5) is 41.2. The molecule has 1 atom stereocenters. The van der Waals surface area contributed by atoms with Crippen LogP contribution in [0.4, 0.5) is 4.79 Å². The molecule has 1 aliphatic rings. The number of benzene rings is 1. The van der Waals surface area contributed by atoms with Crippen molar-refractivity contribution in [3.63, 3.8) is 0 Å². The second kappa shape index (κ2) is 6.89. The third-order valence-electron chi connectivity index (χ3n) is 4.96. The number of hydrogen-bond donors (Lipinski definition) is 1. The number of carbonyl (C=O) groups is 3. The lowest BCUT2D eigenvalue weighted by molar-refractivity contribution is -0.130. The van der Waals surface area contributed by atoms with Crippen LogP contribution in [0, 0.1) is 13.8 Å². The van der Waals surface area contributed by atoms with E-state index in [9.17, 15) is 14.4 Å². The van der Waals surface area contributed by atoms with Crippen LogP contribution in [0.15, 0.2) is 36.7 Å². The van der Waals surface area contributed by atoms with Crippen LogP contribution in [-0.2, 0) is 10.3 Å². The quantitative estimate of drug-likeness (QED) is 0.509. The predicted molar refractivity (Wildman–Crippen MR) is 105 cm³/mol. The van der Waals surface area contributed by atoms with Gasteiger partial charge < -0.3 is 5.32 Å². The first kappa shape index (κ1) is 18.9. The first-order chi connectivity index (χ1) is 13.8. The molecular weight excluding hydrogens is 392 g/mol. The van der Waals surface area contributed by atoms with Gasteiger partial charge in [0.05, 0.1) is 12.2 Å². The van der Waals surface area contributed by atoms with Crippen molar-refractivity contribution in [1.82, 2.24) is 30.4 Å². The molecule has 1 aromatic carbocycles. The van der Waals surface area contributed by atoms with E-state index in [1.54, 1.807) is 37.3 Å². The van der Waals surface area contributed by atoms with Gasteiger partial charge in [-0.3, -0.25) is 14.5 Å². The SMILES string of the molecule is Cc1cc(C(=O)CN2C(=O)NC(C)(c3cccc(-n4cnnn4)c3)C2=O)c(C)s1. The van der Waals surface area contributed by atoms with Crippen LogP contribution >= 0.6 is 11.3 Å². The molecule has 4 rings (SSSR count). The van der Waals surface area contributed by atoms with Crippen LogP contribution in [0.3, 0.4) is 0 Å². The average molecular weight is 410 g/mol. The Morgan fingerprint density at radius 1 is 1.24 bits per heavy atom. The molecule has 2 aromatic heterocycles. The number of rotatable bonds is 5. The summed E-state index contributed by atoms with van der Waals surface area (Å²) in [6, 6.07) is 8.20. The van der Waals surface area contributed by atoms with Gasteiger partial charge in [0.1, 0.15) is 11.9 Å². The normalized spacial score (nSPS) is 18.9. The molecule has 3 amide bonds. The zero-order chi connectivity index (χ0) is 20.8. The van der Waals surface area contributed by atoms with Gasteiger partial charge in [0.2, 0.25) is 0 Å². The van der Waals surface area contributed by atoms with Crippen LogP contribution in [0.1, 0.15) is 32.6 Å². The van der Waals surface area contributed by atoms with E-state index in [2.05, 4.69) is 20.8 Å². The van der Waals surface area contributed by atoms with Gasteiger partial charge in [-0.1, -0.05) is 12.1 Å². The molecule has 0 spiro atoms. The molecule has 1 N–H and O–H groups in total. The Bertz CT molecular complexity index is 1120. The van der Waals surface area contributed by atoms with Crippen molar-refractivity contribution < 1.29 is 14.4 Å². The van der Waals surface area contributed by atoms with Crippen molar-refractivity contribution in [3.05, 3.63) is 57.5 Å². The topological polar surface area (TPSA) is 110 Å². The number of nitrogens with one attached hydrogen (secondary N) is 1. The molecule has 0 bridgehead atoms. The first-order valence-electron chi connectivity index (χ1n) is 8.88. The number of amides is 3. The highest BCUT2D eigenvalue weighted by molar-refractivity contribution is 7.12. The number of imide groups is 1. The van der Waals surface area contributed by atoms with E-state index in [0.29, 0.717) is 16.8 Å². The Hall–Kier alpha value is -3.40. The summed E-state index contributed by atoms with van der Waals surface area (Å²) in [6.45, 7) is 5.09. The summed E-state index contributed by atoms with van der Waals surface area (Å²) in [6.07, 6.45) is 1.44. The minimum Gasteiger partial charge on any atom is -0.319 e. The van der Waals surface area contributed by atoms with Crippen molar-refractivity contribution in [2.45, 2.75) is 26.3 Å². The summed E-state index contributed by atoms with van der Waals surface area (Å²) in [7, 11) is 0. The van der Waals surface area contributed by atoms with Gasteiger partial charge in [-0.15, -0.1) is 16.4 Å². The molecule has 0 aliphatic carbocycles. The minimum absolute atomic E-state index is 0.262. The largest absolute Gasteiger partial charge is 0.325 e. The number of carbonyl (C=O) groups excluding carboxylic acids is 3. The van der Waals surface area contributed by atoms with Gasteiger partial charge in [0.25, 0.3) is 5.91 Å². The van der Waals surface area contributed by atoms with E-state index >= 15 is 0 Å². The lowest BCUT2D eigenvalue weighted by atomic mass is 9.91. The van der Waals surface area contributed by atoms with Crippen LogP contribution < -0.4 is 5.32 Å². The van der Waals surface area contributed by atoms with E-state index in [1.807, 2.05) is 13.8 Å². The van der Waals surface area contributed by atoms with Gasteiger partial charge in [-0.25, -0.2) is 9.48 Å².